The van der Waals surface area contributed by atoms with Crippen molar-refractivity contribution in [1.29, 1.82) is 0 Å². The molecular formula is C39H31N7O11S. The Bertz CT molecular complexity index is 2750. The van der Waals surface area contributed by atoms with Crippen molar-refractivity contribution >= 4 is 78.9 Å². The van der Waals surface area contributed by atoms with Gasteiger partial charge in [0.2, 0.25) is 6.04 Å². The maximum atomic E-state index is 13.4. The number of nitrogens with one attached hydrogen (secondary N) is 1. The number of carbonyl (C=O) groups is 5. The standard InChI is InChI=1S/C39H31N7O11S/c1-20-34(37(49)46(45-20)26-12-8-23-17-27(58(54,55)56)13-9-22(23)16-26)43-41-30-14-10-24(18-28(30)38(50)51)25-11-15-31(29(19-25)39(52)53)42-44-35(21(2)47)36(48)40-32-6-4-5-7-33(32)57-3/h4-19,34-35H,1-3H3,(H,40,48)(H,50,51)(H,52,53)(H,54,55,56). The Hall–Kier alpha value is -7.51. The van der Waals surface area contributed by atoms with E-state index in [1.165, 1.54) is 67.8 Å². The minimum atomic E-state index is -4.42. The van der Waals surface area contributed by atoms with Crippen LogP contribution in [0.5, 0.6) is 5.75 Å². The van der Waals surface area contributed by atoms with Gasteiger partial charge < -0.3 is 20.3 Å². The van der Waals surface area contributed by atoms with Gasteiger partial charge in [0.15, 0.2) is 11.8 Å². The molecule has 1 aliphatic heterocycles. The number of carboxylic acid groups (broad SMARTS) is 2. The molecule has 0 saturated heterocycles. The number of hydrogen-bond acceptors (Lipinski definition) is 13. The van der Waals surface area contributed by atoms with Gasteiger partial charge in [0.05, 0.1) is 51.6 Å². The SMILES string of the molecule is COc1ccccc1NC(=O)C(N=Nc1ccc(-c2ccc(N=NC3C(=O)N(c4ccc5cc(S(=O)(=O)O)ccc5c4)N=C3C)c(C(=O)O)c2)cc1C(=O)O)C(C)=O. The van der Waals surface area contributed by atoms with Crippen molar-refractivity contribution in [3.63, 3.8) is 0 Å². The summed E-state index contributed by atoms with van der Waals surface area (Å²) in [5, 5.41) is 45.0. The first kappa shape index (κ1) is 40.2. The van der Waals surface area contributed by atoms with Crippen molar-refractivity contribution in [3.05, 3.63) is 108 Å². The quantitative estimate of drug-likeness (QED) is 0.0551. The van der Waals surface area contributed by atoms with Crippen molar-refractivity contribution in [2.24, 2.45) is 25.6 Å². The number of azo groups is 2. The molecule has 5 aromatic rings. The van der Waals surface area contributed by atoms with E-state index < -0.39 is 51.7 Å². The molecule has 0 spiro atoms. The molecule has 5 aromatic carbocycles. The number of anilines is 2. The van der Waals surface area contributed by atoms with Crippen LogP contribution >= 0.6 is 0 Å². The molecule has 19 heteroatoms. The topological polar surface area (TPSA) is 266 Å². The number of carboxylic acids is 2. The third kappa shape index (κ3) is 8.49. The van der Waals surface area contributed by atoms with Crippen molar-refractivity contribution in [2.45, 2.75) is 30.8 Å². The number of Topliss-reactive ketones (excluding diaryl/α,β-unsaturated/α-hetero) is 1. The molecule has 0 aromatic heterocycles. The number of fused-ring (bicyclic) bond motifs is 1. The lowest BCUT2D eigenvalue weighted by Gasteiger charge is -2.13. The van der Waals surface area contributed by atoms with Crippen LogP contribution in [0.1, 0.15) is 34.6 Å². The van der Waals surface area contributed by atoms with Crippen LogP contribution in [0.2, 0.25) is 0 Å². The second-order valence-corrected chi connectivity index (χ2v) is 14.1. The average molecular weight is 806 g/mol. The van der Waals surface area contributed by atoms with Crippen molar-refractivity contribution in [2.75, 3.05) is 17.4 Å². The highest BCUT2D eigenvalue weighted by molar-refractivity contribution is 7.85. The number of hydrogen-bond donors (Lipinski definition) is 4. The highest BCUT2D eigenvalue weighted by Gasteiger charge is 2.35. The van der Waals surface area contributed by atoms with Crippen LogP contribution in [-0.4, -0.2) is 77.6 Å². The largest absolute Gasteiger partial charge is 0.495 e. The zero-order valence-corrected chi connectivity index (χ0v) is 31.4. The molecule has 4 N–H and O–H groups in total. The fraction of sp³-hybridized carbons (Fsp3) is 0.128. The molecule has 2 amide bonds. The molecule has 0 aliphatic carbocycles. The average Bonchev–Trinajstić information content (AvgIpc) is 3.48. The third-order valence-electron chi connectivity index (χ3n) is 8.78. The maximum Gasteiger partial charge on any atom is 0.337 e. The summed E-state index contributed by atoms with van der Waals surface area (Å²) in [5.74, 6) is -4.54. The fourth-order valence-electron chi connectivity index (χ4n) is 5.83. The van der Waals surface area contributed by atoms with Crippen LogP contribution in [0.4, 0.5) is 22.7 Å². The molecule has 294 valence electrons. The number of methoxy groups -OCH3 is 1. The number of amides is 2. The van der Waals surface area contributed by atoms with Gasteiger partial charge in [-0.15, -0.1) is 0 Å². The first-order chi connectivity index (χ1) is 27.5. The van der Waals surface area contributed by atoms with Gasteiger partial charge in [0.25, 0.3) is 21.9 Å². The van der Waals surface area contributed by atoms with E-state index in [9.17, 15) is 47.2 Å². The van der Waals surface area contributed by atoms with Crippen molar-refractivity contribution in [1.82, 2.24) is 0 Å². The number of nitrogens with zero attached hydrogens (tertiary/aromatic N) is 6. The number of hydrazone groups is 1. The highest BCUT2D eigenvalue weighted by atomic mass is 32.2. The van der Waals surface area contributed by atoms with Gasteiger partial charge in [0, 0.05) is 0 Å². The van der Waals surface area contributed by atoms with E-state index in [0.29, 0.717) is 22.2 Å². The molecule has 0 bridgehead atoms. The van der Waals surface area contributed by atoms with Crippen LogP contribution < -0.4 is 15.1 Å². The summed E-state index contributed by atoms with van der Waals surface area (Å²) in [7, 11) is -3.01. The van der Waals surface area contributed by atoms with Crippen LogP contribution in [0.3, 0.4) is 0 Å². The molecule has 58 heavy (non-hydrogen) atoms. The lowest BCUT2D eigenvalue weighted by molar-refractivity contribution is -0.126. The van der Waals surface area contributed by atoms with Crippen molar-refractivity contribution < 1.29 is 51.9 Å². The van der Waals surface area contributed by atoms with E-state index in [0.717, 1.165) is 11.9 Å². The zero-order valence-electron chi connectivity index (χ0n) is 30.6. The Labute approximate surface area is 328 Å². The second-order valence-electron chi connectivity index (χ2n) is 12.7. The number of aromatic carboxylic acids is 2. The van der Waals surface area contributed by atoms with Gasteiger partial charge in [-0.05, 0) is 96.4 Å². The molecule has 0 saturated carbocycles. The van der Waals surface area contributed by atoms with Gasteiger partial charge in [-0.25, -0.2) is 9.59 Å². The normalized spacial score (nSPS) is 14.8. The van der Waals surface area contributed by atoms with Gasteiger partial charge in [-0.3, -0.25) is 18.9 Å². The lowest BCUT2D eigenvalue weighted by Crippen LogP contribution is -2.32. The minimum absolute atomic E-state index is 0.110. The number of rotatable bonds is 13. The zero-order chi connectivity index (χ0) is 41.9. The van der Waals surface area contributed by atoms with Crippen LogP contribution in [0.15, 0.2) is 128 Å². The molecule has 0 radical (unpaired) electrons. The Kier molecular flexibility index (Phi) is 11.3. The predicted octanol–water partition coefficient (Wildman–Crippen LogP) is 6.71. The van der Waals surface area contributed by atoms with Crippen LogP contribution in [0.25, 0.3) is 21.9 Å². The molecular weight excluding hydrogens is 775 g/mol. The van der Waals surface area contributed by atoms with E-state index in [4.69, 9.17) is 4.74 Å². The number of carbonyl (C=O) groups excluding carboxylic acids is 3. The van der Waals surface area contributed by atoms with Crippen molar-refractivity contribution in [3.8, 4) is 16.9 Å². The summed E-state index contributed by atoms with van der Waals surface area (Å²) >= 11 is 0. The lowest BCUT2D eigenvalue weighted by atomic mass is 9.99. The van der Waals surface area contributed by atoms with E-state index in [1.807, 2.05) is 0 Å². The number of para-hydroxylation sites is 2. The Morgan fingerprint density at radius 2 is 1.43 bits per heavy atom. The Morgan fingerprint density at radius 1 is 0.828 bits per heavy atom. The van der Waals surface area contributed by atoms with E-state index in [1.54, 1.807) is 43.3 Å². The summed E-state index contributed by atoms with van der Waals surface area (Å²) in [6.45, 7) is 2.68. The van der Waals surface area contributed by atoms with Gasteiger partial charge >= 0.3 is 11.9 Å². The monoisotopic (exact) mass is 805 g/mol. The number of ether oxygens (including phenoxy) is 1. The summed E-state index contributed by atoms with van der Waals surface area (Å²) in [6.07, 6.45) is 0. The fourth-order valence-corrected chi connectivity index (χ4v) is 6.35. The summed E-state index contributed by atoms with van der Waals surface area (Å²) in [5.41, 5.74) is 0.463. The van der Waals surface area contributed by atoms with E-state index >= 15 is 0 Å². The smallest absolute Gasteiger partial charge is 0.337 e. The van der Waals surface area contributed by atoms with Gasteiger partial charge in [-0.2, -0.15) is 39.0 Å². The second kappa shape index (κ2) is 16.3. The summed E-state index contributed by atoms with van der Waals surface area (Å²) in [4.78, 5) is 63.1. The van der Waals surface area contributed by atoms with Gasteiger partial charge in [-0.1, -0.05) is 36.4 Å². The van der Waals surface area contributed by atoms with E-state index in [-0.39, 0.29) is 49.9 Å². The minimum Gasteiger partial charge on any atom is -0.495 e. The molecule has 6 rings (SSSR count). The molecule has 1 aliphatic rings. The van der Waals surface area contributed by atoms with Crippen LogP contribution in [-0.2, 0) is 24.5 Å². The van der Waals surface area contributed by atoms with Crippen LogP contribution in [0, 0.1) is 0 Å². The third-order valence-corrected chi connectivity index (χ3v) is 9.63. The number of ketones is 1. The molecule has 2 atom stereocenters. The molecule has 1 heterocycles. The maximum absolute atomic E-state index is 13.4. The first-order valence-electron chi connectivity index (χ1n) is 17.0. The Morgan fingerprint density at radius 3 is 2.03 bits per heavy atom. The number of benzene rings is 5. The van der Waals surface area contributed by atoms with Gasteiger partial charge in [0.1, 0.15) is 5.75 Å². The Balaban J connectivity index is 1.22. The summed E-state index contributed by atoms with van der Waals surface area (Å²) < 4.78 is 37.6. The first-order valence-corrected chi connectivity index (χ1v) is 18.4. The van der Waals surface area contributed by atoms with E-state index in [2.05, 4.69) is 30.9 Å². The predicted molar refractivity (Wildman–Crippen MR) is 209 cm³/mol. The molecule has 0 fully saturated rings. The molecule has 2 unspecified atom stereocenters. The molecule has 18 nitrogen and oxygen atoms in total. The highest BCUT2D eigenvalue weighted by Crippen LogP contribution is 2.33. The summed E-state index contributed by atoms with van der Waals surface area (Å²) in [6, 6.07) is 20.4.